The van der Waals surface area contributed by atoms with Gasteiger partial charge in [-0.05, 0) is 36.8 Å². The van der Waals surface area contributed by atoms with E-state index in [0.717, 1.165) is 28.3 Å². The zero-order valence-corrected chi connectivity index (χ0v) is 19.3. The quantitative estimate of drug-likeness (QED) is 0.377. The molecule has 0 spiro atoms. The van der Waals surface area contributed by atoms with Crippen molar-refractivity contribution in [3.8, 4) is 0 Å². The van der Waals surface area contributed by atoms with Crippen LogP contribution in [0.1, 0.15) is 20.1 Å². The number of hydrogen-bond acceptors (Lipinski definition) is 7. The number of amides is 1. The Balaban J connectivity index is 1.56. The summed E-state index contributed by atoms with van der Waals surface area (Å²) in [7, 11) is 0. The van der Waals surface area contributed by atoms with Crippen molar-refractivity contribution in [2.45, 2.75) is 12.1 Å². The number of rotatable bonds is 3. The van der Waals surface area contributed by atoms with Gasteiger partial charge in [0.2, 0.25) is 0 Å². The van der Waals surface area contributed by atoms with Crippen molar-refractivity contribution in [2.75, 3.05) is 11.1 Å². The summed E-state index contributed by atoms with van der Waals surface area (Å²) in [5.41, 5.74) is 0.583. The number of nitrogens with one attached hydrogen (secondary N) is 1. The van der Waals surface area contributed by atoms with Gasteiger partial charge < -0.3 is 5.32 Å². The number of hydrogen-bond donors (Lipinski definition) is 1. The van der Waals surface area contributed by atoms with Crippen molar-refractivity contribution in [1.29, 1.82) is 0 Å². The van der Waals surface area contributed by atoms with E-state index in [-0.39, 0.29) is 16.0 Å². The largest absolute Gasteiger partial charge is 0.319 e. The predicted molar refractivity (Wildman–Crippen MR) is 125 cm³/mol. The van der Waals surface area contributed by atoms with Gasteiger partial charge in [-0.25, -0.2) is 13.8 Å². The molecule has 0 saturated heterocycles. The van der Waals surface area contributed by atoms with Gasteiger partial charge in [0.15, 0.2) is 5.16 Å². The summed E-state index contributed by atoms with van der Waals surface area (Å²) in [6.45, 7) is 1.63. The Morgan fingerprint density at radius 1 is 1.22 bits per heavy atom. The van der Waals surface area contributed by atoms with Crippen LogP contribution in [0.4, 0.5) is 14.5 Å². The number of benzene rings is 1. The fourth-order valence-corrected chi connectivity index (χ4v) is 6.32. The molecule has 162 valence electrons. The van der Waals surface area contributed by atoms with Crippen LogP contribution in [-0.2, 0) is 0 Å². The van der Waals surface area contributed by atoms with E-state index in [1.165, 1.54) is 27.8 Å². The van der Waals surface area contributed by atoms with Crippen LogP contribution in [0, 0.1) is 18.6 Å². The van der Waals surface area contributed by atoms with Crippen molar-refractivity contribution in [2.24, 2.45) is 5.10 Å². The monoisotopic (exact) mass is 508 g/mol. The van der Waals surface area contributed by atoms with Gasteiger partial charge in [0.25, 0.3) is 11.5 Å². The molecule has 1 aliphatic heterocycles. The number of thiophene rings is 2. The maximum atomic E-state index is 13.9. The van der Waals surface area contributed by atoms with Crippen LogP contribution in [0.25, 0.3) is 10.2 Å². The average Bonchev–Trinajstić information content (AvgIpc) is 3.33. The van der Waals surface area contributed by atoms with Crippen molar-refractivity contribution in [1.82, 2.24) is 9.66 Å². The van der Waals surface area contributed by atoms with Gasteiger partial charge in [-0.15, -0.1) is 22.7 Å². The van der Waals surface area contributed by atoms with E-state index in [4.69, 9.17) is 11.6 Å². The first-order chi connectivity index (χ1) is 15.3. The molecule has 12 heteroatoms. The van der Waals surface area contributed by atoms with Gasteiger partial charge in [0, 0.05) is 11.8 Å². The zero-order chi connectivity index (χ0) is 22.6. The van der Waals surface area contributed by atoms with Gasteiger partial charge in [0.1, 0.15) is 16.5 Å². The molecule has 32 heavy (non-hydrogen) atoms. The second-order valence-electron chi connectivity index (χ2n) is 6.77. The normalized spacial score (nSPS) is 13.2. The molecule has 0 fully saturated rings. The van der Waals surface area contributed by atoms with Gasteiger partial charge in [-0.1, -0.05) is 23.4 Å². The average molecular weight is 509 g/mol. The first-order valence-electron chi connectivity index (χ1n) is 9.10. The lowest BCUT2D eigenvalue weighted by Crippen LogP contribution is -2.25. The van der Waals surface area contributed by atoms with Crippen molar-refractivity contribution in [3.05, 3.63) is 72.0 Å². The summed E-state index contributed by atoms with van der Waals surface area (Å²) in [5.74, 6) is -1.72. The first kappa shape index (κ1) is 21.3. The summed E-state index contributed by atoms with van der Waals surface area (Å²) in [6, 6.07) is 6.49. The van der Waals surface area contributed by atoms with Crippen molar-refractivity contribution < 1.29 is 13.6 Å². The van der Waals surface area contributed by atoms with Gasteiger partial charge in [0.05, 0.1) is 30.9 Å². The lowest BCUT2D eigenvalue weighted by Gasteiger charge is -2.14. The van der Waals surface area contributed by atoms with Crippen LogP contribution < -0.4 is 10.9 Å². The van der Waals surface area contributed by atoms with Crippen LogP contribution in [0.5, 0.6) is 0 Å². The Morgan fingerprint density at radius 3 is 2.75 bits per heavy atom. The van der Waals surface area contributed by atoms with E-state index in [2.05, 4.69) is 15.4 Å². The van der Waals surface area contributed by atoms with E-state index in [0.29, 0.717) is 37.4 Å². The molecule has 0 atom stereocenters. The highest BCUT2D eigenvalue weighted by atomic mass is 35.5. The molecule has 4 heterocycles. The van der Waals surface area contributed by atoms with Crippen LogP contribution >= 0.6 is 46.0 Å². The number of carbonyl (C=O) groups excluding carboxylic acids is 1. The highest BCUT2D eigenvalue weighted by Gasteiger charge is 2.25. The molecule has 0 saturated carbocycles. The van der Waals surface area contributed by atoms with Crippen LogP contribution in [0.15, 0.2) is 45.4 Å². The van der Waals surface area contributed by atoms with Crippen molar-refractivity contribution in [3.63, 3.8) is 0 Å². The standard InChI is InChI=1S/C20H11ClF2N4O2S3/c1-8-15-18(32-16(8)17(28)24-11-3-2-9(22)6-10(11)23)25-20-27(19(15)29)26-12(7-30-20)13-4-5-14(21)31-13/h2-6H,7H2,1H3,(H,24,28). The minimum atomic E-state index is -0.891. The molecule has 4 aromatic rings. The molecule has 0 aliphatic carbocycles. The van der Waals surface area contributed by atoms with E-state index >= 15 is 0 Å². The predicted octanol–water partition coefficient (Wildman–Crippen LogP) is 5.37. The van der Waals surface area contributed by atoms with E-state index in [9.17, 15) is 18.4 Å². The third-order valence-corrected chi connectivity index (χ3v) is 8.12. The summed E-state index contributed by atoms with van der Waals surface area (Å²) in [6.07, 6.45) is 0. The molecule has 1 aromatic carbocycles. The number of halogens is 3. The summed E-state index contributed by atoms with van der Waals surface area (Å²) in [4.78, 5) is 32.0. The highest BCUT2D eigenvalue weighted by Crippen LogP contribution is 2.32. The fourth-order valence-electron chi connectivity index (χ4n) is 3.20. The Morgan fingerprint density at radius 2 is 2.03 bits per heavy atom. The van der Waals surface area contributed by atoms with E-state index in [1.807, 2.05) is 6.07 Å². The number of nitrogens with zero attached hydrogens (tertiary/aromatic N) is 3. The lowest BCUT2D eigenvalue weighted by atomic mass is 10.2. The molecular weight excluding hydrogens is 498 g/mol. The third-order valence-electron chi connectivity index (χ3n) is 4.71. The van der Waals surface area contributed by atoms with Crippen LogP contribution in [0.3, 0.4) is 0 Å². The van der Waals surface area contributed by atoms with Crippen LogP contribution in [-0.4, -0.2) is 27.0 Å². The maximum absolute atomic E-state index is 13.9. The summed E-state index contributed by atoms with van der Waals surface area (Å²) in [5, 5.41) is 7.59. The molecule has 0 radical (unpaired) electrons. The van der Waals surface area contributed by atoms with Crippen LogP contribution in [0.2, 0.25) is 4.34 Å². The Hall–Kier alpha value is -2.60. The second-order valence-corrected chi connectivity index (χ2v) is 10.4. The highest BCUT2D eigenvalue weighted by molar-refractivity contribution is 7.99. The molecule has 0 bridgehead atoms. The Bertz CT molecular complexity index is 1510. The van der Waals surface area contributed by atoms with E-state index in [1.54, 1.807) is 13.0 Å². The lowest BCUT2D eigenvalue weighted by molar-refractivity contribution is 0.102. The minimum absolute atomic E-state index is 0.156. The number of aryl methyl sites for hydroxylation is 1. The minimum Gasteiger partial charge on any atom is -0.319 e. The molecule has 1 N–H and O–H groups in total. The molecule has 6 nitrogen and oxygen atoms in total. The van der Waals surface area contributed by atoms with Gasteiger partial charge in [-0.3, -0.25) is 9.59 Å². The second kappa shape index (κ2) is 8.07. The zero-order valence-electron chi connectivity index (χ0n) is 16.1. The number of anilines is 1. The Kier molecular flexibility index (Phi) is 5.36. The number of aromatic nitrogens is 2. The SMILES string of the molecule is Cc1c(C(=O)Nc2ccc(F)cc2F)sc2nc3n(c(=O)c12)N=C(c1ccc(Cl)s1)CS3. The first-order valence-corrected chi connectivity index (χ1v) is 12.1. The summed E-state index contributed by atoms with van der Waals surface area (Å²) < 4.78 is 28.9. The molecule has 5 rings (SSSR count). The molecule has 0 unspecified atom stereocenters. The molecule has 1 amide bonds. The molecular formula is C20H11ClF2N4O2S3. The number of thioether (sulfide) groups is 1. The topological polar surface area (TPSA) is 76.3 Å². The number of carbonyl (C=O) groups is 1. The van der Waals surface area contributed by atoms with Gasteiger partial charge in [-0.2, -0.15) is 9.78 Å². The fraction of sp³-hybridized carbons (Fsp3) is 0.100. The molecule has 1 aliphatic rings. The maximum Gasteiger partial charge on any atom is 0.283 e. The third kappa shape index (κ3) is 3.64. The van der Waals surface area contributed by atoms with Crippen molar-refractivity contribution >= 4 is 73.6 Å². The molecule has 3 aromatic heterocycles. The Labute approximate surface area is 196 Å². The van der Waals surface area contributed by atoms with Gasteiger partial charge >= 0.3 is 0 Å². The smallest absolute Gasteiger partial charge is 0.283 e. The van der Waals surface area contributed by atoms with E-state index < -0.39 is 23.1 Å². The summed E-state index contributed by atoms with van der Waals surface area (Å²) >= 11 is 9.79. The number of fused-ring (bicyclic) bond motifs is 2.